The number of hydrogen-bond acceptors (Lipinski definition) is 5. The Labute approximate surface area is 118 Å². The van der Waals surface area contributed by atoms with Gasteiger partial charge in [-0.3, -0.25) is 10.2 Å². The highest BCUT2D eigenvalue weighted by Gasteiger charge is 2.12. The van der Waals surface area contributed by atoms with Crippen molar-refractivity contribution in [3.8, 4) is 0 Å². The molecule has 1 amide bonds. The van der Waals surface area contributed by atoms with Crippen LogP contribution in [0.5, 0.6) is 0 Å². The van der Waals surface area contributed by atoms with E-state index in [0.717, 1.165) is 5.56 Å². The highest BCUT2D eigenvalue weighted by Crippen LogP contribution is 2.10. The number of halogens is 1. The molecule has 0 aliphatic heterocycles. The van der Waals surface area contributed by atoms with Crippen LogP contribution in [-0.2, 0) is 6.54 Å². The molecule has 6 nitrogen and oxygen atoms in total. The van der Waals surface area contributed by atoms with Crippen LogP contribution in [0.4, 0.5) is 5.82 Å². The van der Waals surface area contributed by atoms with E-state index in [4.69, 9.17) is 5.73 Å². The smallest absolute Gasteiger partial charge is 0.287 e. The second kappa shape index (κ2) is 6.26. The zero-order valence-electron chi connectivity index (χ0n) is 9.93. The molecule has 98 valence electrons. The number of nitrogens with two attached hydrogens (primary N) is 1. The summed E-state index contributed by atoms with van der Waals surface area (Å²) in [5.74, 6) is -0.343. The van der Waals surface area contributed by atoms with Gasteiger partial charge in [-0.15, -0.1) is 0 Å². The Balaban J connectivity index is 1.93. The standard InChI is InChI=1S/C12H12BrN5O/c13-9-7-15-11(14)10(17-9)12(19)18-16-6-8-4-2-1-3-5-8/h1-5,7,16H,6H2,(H2,14,15)(H,18,19). The first kappa shape index (κ1) is 13.4. The molecular formula is C12H12BrN5O. The van der Waals surface area contributed by atoms with E-state index in [1.54, 1.807) is 0 Å². The van der Waals surface area contributed by atoms with Crippen molar-refractivity contribution in [2.24, 2.45) is 0 Å². The van der Waals surface area contributed by atoms with Crippen LogP contribution in [0.15, 0.2) is 41.1 Å². The molecule has 1 heterocycles. The minimum atomic E-state index is -0.428. The minimum Gasteiger partial charge on any atom is -0.382 e. The number of benzene rings is 1. The van der Waals surface area contributed by atoms with Gasteiger partial charge >= 0.3 is 0 Å². The van der Waals surface area contributed by atoms with Crippen molar-refractivity contribution in [2.45, 2.75) is 6.54 Å². The van der Waals surface area contributed by atoms with Gasteiger partial charge in [0.05, 0.1) is 6.20 Å². The van der Waals surface area contributed by atoms with Gasteiger partial charge in [0.25, 0.3) is 5.91 Å². The summed E-state index contributed by atoms with van der Waals surface area (Å²) in [5.41, 5.74) is 12.1. The first-order valence-electron chi connectivity index (χ1n) is 5.52. The van der Waals surface area contributed by atoms with Crippen LogP contribution in [0.2, 0.25) is 0 Å². The fourth-order valence-electron chi connectivity index (χ4n) is 1.43. The monoisotopic (exact) mass is 321 g/mol. The summed E-state index contributed by atoms with van der Waals surface area (Å²) in [5, 5.41) is 0. The number of rotatable bonds is 4. The van der Waals surface area contributed by atoms with Crippen molar-refractivity contribution in [3.05, 3.63) is 52.4 Å². The quantitative estimate of drug-likeness (QED) is 0.737. The molecule has 4 N–H and O–H groups in total. The number of hydrazine groups is 1. The van der Waals surface area contributed by atoms with E-state index < -0.39 is 5.91 Å². The molecule has 1 aromatic heterocycles. The van der Waals surface area contributed by atoms with Gasteiger partial charge in [0.1, 0.15) is 4.60 Å². The number of amides is 1. The number of aromatic nitrogens is 2. The van der Waals surface area contributed by atoms with E-state index in [9.17, 15) is 4.79 Å². The topological polar surface area (TPSA) is 92.9 Å². The van der Waals surface area contributed by atoms with Gasteiger partial charge in [-0.25, -0.2) is 15.4 Å². The van der Waals surface area contributed by atoms with Gasteiger partial charge in [-0.1, -0.05) is 30.3 Å². The predicted molar refractivity (Wildman–Crippen MR) is 74.9 cm³/mol. The van der Waals surface area contributed by atoms with Crippen LogP contribution < -0.4 is 16.6 Å². The fraction of sp³-hybridized carbons (Fsp3) is 0.0833. The third kappa shape index (κ3) is 3.73. The molecular weight excluding hydrogens is 310 g/mol. The maximum Gasteiger partial charge on any atom is 0.287 e. The molecule has 2 rings (SSSR count). The van der Waals surface area contributed by atoms with Gasteiger partial charge in [0, 0.05) is 6.54 Å². The molecule has 7 heteroatoms. The van der Waals surface area contributed by atoms with E-state index in [1.165, 1.54) is 6.20 Å². The molecule has 0 unspecified atom stereocenters. The van der Waals surface area contributed by atoms with E-state index in [2.05, 4.69) is 36.7 Å². The van der Waals surface area contributed by atoms with Gasteiger partial charge < -0.3 is 5.73 Å². The lowest BCUT2D eigenvalue weighted by molar-refractivity contribution is 0.0927. The summed E-state index contributed by atoms with van der Waals surface area (Å²) in [6.07, 6.45) is 1.43. The third-order valence-corrected chi connectivity index (χ3v) is 2.71. The van der Waals surface area contributed by atoms with Crippen molar-refractivity contribution in [1.29, 1.82) is 0 Å². The van der Waals surface area contributed by atoms with Crippen molar-refractivity contribution < 1.29 is 4.79 Å². The second-order valence-electron chi connectivity index (χ2n) is 3.72. The summed E-state index contributed by atoms with van der Waals surface area (Å²) >= 11 is 3.14. The van der Waals surface area contributed by atoms with Crippen LogP contribution in [0.3, 0.4) is 0 Å². The first-order chi connectivity index (χ1) is 9.16. The van der Waals surface area contributed by atoms with E-state index in [1.807, 2.05) is 30.3 Å². The minimum absolute atomic E-state index is 0.0786. The lowest BCUT2D eigenvalue weighted by atomic mass is 10.2. The summed E-state index contributed by atoms with van der Waals surface area (Å²) in [6, 6.07) is 9.69. The normalized spacial score (nSPS) is 10.2. The van der Waals surface area contributed by atoms with Gasteiger partial charge in [-0.05, 0) is 21.5 Å². The third-order valence-electron chi connectivity index (χ3n) is 2.32. The van der Waals surface area contributed by atoms with Gasteiger partial charge in [0.2, 0.25) is 0 Å². The number of hydrogen-bond donors (Lipinski definition) is 3. The molecule has 0 aliphatic rings. The van der Waals surface area contributed by atoms with E-state index >= 15 is 0 Å². The molecule has 0 fully saturated rings. The highest BCUT2D eigenvalue weighted by atomic mass is 79.9. The number of anilines is 1. The Morgan fingerprint density at radius 2 is 2.05 bits per heavy atom. The van der Waals surface area contributed by atoms with Crippen molar-refractivity contribution in [1.82, 2.24) is 20.8 Å². The molecule has 19 heavy (non-hydrogen) atoms. The second-order valence-corrected chi connectivity index (χ2v) is 4.53. The molecule has 0 atom stereocenters. The lowest BCUT2D eigenvalue weighted by Crippen LogP contribution is -2.37. The molecule has 0 bridgehead atoms. The zero-order valence-corrected chi connectivity index (χ0v) is 11.5. The van der Waals surface area contributed by atoms with Crippen molar-refractivity contribution >= 4 is 27.7 Å². The number of nitrogens with zero attached hydrogens (tertiary/aromatic N) is 2. The Morgan fingerprint density at radius 1 is 1.32 bits per heavy atom. The Morgan fingerprint density at radius 3 is 2.79 bits per heavy atom. The maximum absolute atomic E-state index is 11.8. The van der Waals surface area contributed by atoms with Crippen LogP contribution in [-0.4, -0.2) is 15.9 Å². The molecule has 0 saturated carbocycles. The van der Waals surface area contributed by atoms with E-state index in [-0.39, 0.29) is 11.5 Å². The van der Waals surface area contributed by atoms with Gasteiger partial charge in [-0.2, -0.15) is 0 Å². The molecule has 2 aromatic rings. The van der Waals surface area contributed by atoms with Crippen LogP contribution >= 0.6 is 15.9 Å². The van der Waals surface area contributed by atoms with Gasteiger partial charge in [0.15, 0.2) is 11.5 Å². The predicted octanol–water partition coefficient (Wildman–Crippen LogP) is 1.26. The number of nitrogen functional groups attached to an aromatic ring is 1. The number of nitrogens with one attached hydrogen (secondary N) is 2. The SMILES string of the molecule is Nc1ncc(Br)nc1C(=O)NNCc1ccccc1. The maximum atomic E-state index is 11.8. The fourth-order valence-corrected chi connectivity index (χ4v) is 1.71. The summed E-state index contributed by atoms with van der Waals surface area (Å²) < 4.78 is 0.454. The van der Waals surface area contributed by atoms with Crippen molar-refractivity contribution in [3.63, 3.8) is 0 Å². The Hall–Kier alpha value is -1.99. The molecule has 1 aromatic carbocycles. The Kier molecular flexibility index (Phi) is 4.43. The zero-order chi connectivity index (χ0) is 13.7. The average Bonchev–Trinajstić information content (AvgIpc) is 2.42. The van der Waals surface area contributed by atoms with Crippen LogP contribution in [0.1, 0.15) is 16.1 Å². The Bertz CT molecular complexity index is 576. The summed E-state index contributed by atoms with van der Waals surface area (Å²) in [7, 11) is 0. The van der Waals surface area contributed by atoms with Crippen molar-refractivity contribution in [2.75, 3.05) is 5.73 Å². The van der Waals surface area contributed by atoms with Crippen LogP contribution in [0.25, 0.3) is 0 Å². The number of carbonyl (C=O) groups is 1. The molecule has 0 radical (unpaired) electrons. The average molecular weight is 322 g/mol. The first-order valence-corrected chi connectivity index (χ1v) is 6.31. The summed E-state index contributed by atoms with van der Waals surface area (Å²) in [4.78, 5) is 19.7. The molecule has 0 aliphatic carbocycles. The largest absolute Gasteiger partial charge is 0.382 e. The van der Waals surface area contributed by atoms with E-state index in [0.29, 0.717) is 11.1 Å². The highest BCUT2D eigenvalue weighted by molar-refractivity contribution is 9.10. The molecule has 0 spiro atoms. The van der Waals surface area contributed by atoms with Crippen LogP contribution in [0, 0.1) is 0 Å². The number of carbonyl (C=O) groups excluding carboxylic acids is 1. The molecule has 0 saturated heterocycles. The lowest BCUT2D eigenvalue weighted by Gasteiger charge is -2.08. The summed E-state index contributed by atoms with van der Waals surface area (Å²) in [6.45, 7) is 0.508.